The Morgan fingerprint density at radius 1 is 1.06 bits per heavy atom. The summed E-state index contributed by atoms with van der Waals surface area (Å²) in [5.74, 6) is 2.02. The van der Waals surface area contributed by atoms with E-state index in [1.54, 1.807) is 19.1 Å². The Labute approximate surface area is 195 Å². The van der Waals surface area contributed by atoms with E-state index >= 15 is 0 Å². The maximum Gasteiger partial charge on any atom is 0.258 e. The third kappa shape index (κ3) is 4.87. The van der Waals surface area contributed by atoms with Crippen molar-refractivity contribution in [3.05, 3.63) is 59.4 Å². The van der Waals surface area contributed by atoms with Crippen molar-refractivity contribution in [3.8, 4) is 11.5 Å². The van der Waals surface area contributed by atoms with Crippen molar-refractivity contribution in [2.75, 3.05) is 6.61 Å². The quantitative estimate of drug-likeness (QED) is 0.517. The van der Waals surface area contributed by atoms with Crippen molar-refractivity contribution in [1.29, 1.82) is 0 Å². The van der Waals surface area contributed by atoms with Gasteiger partial charge < -0.3 is 14.8 Å². The van der Waals surface area contributed by atoms with Gasteiger partial charge in [-0.2, -0.15) is 0 Å². The summed E-state index contributed by atoms with van der Waals surface area (Å²) in [7, 11) is 0. The maximum atomic E-state index is 13.5. The van der Waals surface area contributed by atoms with Crippen molar-refractivity contribution in [1.82, 2.24) is 5.32 Å². The third-order valence-corrected chi connectivity index (χ3v) is 7.94. The molecule has 2 bridgehead atoms. The number of nitrogens with one attached hydrogen (secondary N) is 1. The first-order chi connectivity index (χ1) is 15.8. The molecule has 1 N–H and O–H groups in total. The normalized spacial score (nSPS) is 29.7. The molecule has 4 aliphatic rings. The van der Waals surface area contributed by atoms with Crippen LogP contribution in [0.3, 0.4) is 0 Å². The number of rotatable bonds is 9. The Hall–Kier alpha value is -2.56. The number of benzene rings is 2. The standard InChI is InChI=1S/C28H34FNO3/c1-19-3-6-22(7-4-19)32-15-26(31)30-28-16-27(17-28,18-28)12-11-21-5-8-24(14-21)33-23-9-10-25(29)20(2)13-23/h3-4,6-7,9-10,13,21,24H,5,8,11-12,14-18H2,1-2H3,(H,30,31). The summed E-state index contributed by atoms with van der Waals surface area (Å²) >= 11 is 0. The van der Waals surface area contributed by atoms with E-state index in [1.807, 2.05) is 31.2 Å². The Balaban J connectivity index is 0.998. The molecule has 4 saturated carbocycles. The van der Waals surface area contributed by atoms with Gasteiger partial charge in [0.15, 0.2) is 6.61 Å². The lowest BCUT2D eigenvalue weighted by Gasteiger charge is -2.71. The molecule has 5 heteroatoms. The van der Waals surface area contributed by atoms with Crippen LogP contribution in [0.1, 0.15) is 62.5 Å². The van der Waals surface area contributed by atoms with Gasteiger partial charge in [0.2, 0.25) is 0 Å². The predicted molar refractivity (Wildman–Crippen MR) is 126 cm³/mol. The van der Waals surface area contributed by atoms with Gasteiger partial charge in [0.25, 0.3) is 5.91 Å². The largest absolute Gasteiger partial charge is 0.490 e. The lowest BCUT2D eigenvalue weighted by molar-refractivity contribution is -0.171. The first kappa shape index (κ1) is 22.2. The number of hydrogen-bond donors (Lipinski definition) is 1. The zero-order valence-corrected chi connectivity index (χ0v) is 19.7. The van der Waals surface area contributed by atoms with Crippen LogP contribution >= 0.6 is 0 Å². The molecular weight excluding hydrogens is 417 g/mol. The molecule has 6 rings (SSSR count). The molecule has 2 atom stereocenters. The Kier molecular flexibility index (Phi) is 5.84. The minimum absolute atomic E-state index is 0.0179. The predicted octanol–water partition coefficient (Wildman–Crippen LogP) is 5.89. The fraction of sp³-hybridized carbons (Fsp3) is 0.536. The van der Waals surface area contributed by atoms with Crippen LogP contribution in [-0.4, -0.2) is 24.2 Å². The zero-order chi connectivity index (χ0) is 23.1. The summed E-state index contributed by atoms with van der Waals surface area (Å²) in [5, 5.41) is 3.23. The molecule has 0 aliphatic heterocycles. The second-order valence-corrected chi connectivity index (χ2v) is 10.8. The van der Waals surface area contributed by atoms with Crippen molar-refractivity contribution in [2.24, 2.45) is 11.3 Å². The highest BCUT2D eigenvalue weighted by atomic mass is 19.1. The third-order valence-electron chi connectivity index (χ3n) is 7.94. The van der Waals surface area contributed by atoms with E-state index in [-0.39, 0.29) is 30.0 Å². The maximum absolute atomic E-state index is 13.5. The van der Waals surface area contributed by atoms with Crippen molar-refractivity contribution >= 4 is 5.91 Å². The van der Waals surface area contributed by atoms with Crippen LogP contribution < -0.4 is 14.8 Å². The fourth-order valence-corrected chi connectivity index (χ4v) is 6.30. The molecule has 0 saturated heterocycles. The topological polar surface area (TPSA) is 47.6 Å². The van der Waals surface area contributed by atoms with E-state index in [0.717, 1.165) is 43.6 Å². The molecular formula is C28H34FNO3. The summed E-state index contributed by atoms with van der Waals surface area (Å²) in [6.45, 7) is 3.88. The molecule has 0 heterocycles. The molecule has 2 unspecified atom stereocenters. The van der Waals surface area contributed by atoms with Crippen LogP contribution in [0.25, 0.3) is 0 Å². The minimum Gasteiger partial charge on any atom is -0.490 e. The van der Waals surface area contributed by atoms with Gasteiger partial charge in [-0.15, -0.1) is 0 Å². The van der Waals surface area contributed by atoms with E-state index in [0.29, 0.717) is 16.9 Å². The Morgan fingerprint density at radius 2 is 1.79 bits per heavy atom. The fourth-order valence-electron chi connectivity index (χ4n) is 6.30. The highest BCUT2D eigenvalue weighted by Gasteiger charge is 2.67. The molecule has 0 radical (unpaired) electrons. The minimum atomic E-state index is -0.182. The number of aryl methyl sites for hydroxylation is 2. The van der Waals surface area contributed by atoms with Gasteiger partial charge in [-0.05, 0) is 112 Å². The molecule has 176 valence electrons. The number of carbonyl (C=O) groups is 1. The average Bonchev–Trinajstić information content (AvgIpc) is 3.18. The molecule has 4 fully saturated rings. The van der Waals surface area contributed by atoms with E-state index in [9.17, 15) is 9.18 Å². The van der Waals surface area contributed by atoms with E-state index in [4.69, 9.17) is 9.47 Å². The summed E-state index contributed by atoms with van der Waals surface area (Å²) in [6, 6.07) is 12.8. The lowest BCUT2D eigenvalue weighted by Crippen LogP contribution is -2.74. The molecule has 33 heavy (non-hydrogen) atoms. The van der Waals surface area contributed by atoms with Crippen LogP contribution in [0.4, 0.5) is 4.39 Å². The second kappa shape index (κ2) is 8.66. The van der Waals surface area contributed by atoms with Crippen LogP contribution in [-0.2, 0) is 4.79 Å². The first-order valence-electron chi connectivity index (χ1n) is 12.3. The number of amides is 1. The van der Waals surface area contributed by atoms with Crippen molar-refractivity contribution in [3.63, 3.8) is 0 Å². The smallest absolute Gasteiger partial charge is 0.258 e. The first-order valence-corrected chi connectivity index (χ1v) is 12.3. The van der Waals surface area contributed by atoms with E-state index in [2.05, 4.69) is 5.32 Å². The van der Waals surface area contributed by atoms with Crippen LogP contribution in [0, 0.1) is 31.0 Å². The molecule has 4 aliphatic carbocycles. The molecule has 2 aromatic carbocycles. The van der Waals surface area contributed by atoms with Crippen LogP contribution in [0.5, 0.6) is 11.5 Å². The summed E-state index contributed by atoms with van der Waals surface area (Å²) in [4.78, 5) is 12.3. The lowest BCUT2D eigenvalue weighted by atomic mass is 9.38. The van der Waals surface area contributed by atoms with Crippen molar-refractivity contribution in [2.45, 2.75) is 76.9 Å². The summed E-state index contributed by atoms with van der Waals surface area (Å²) in [5.41, 5.74) is 2.27. The van der Waals surface area contributed by atoms with E-state index in [1.165, 1.54) is 30.9 Å². The number of ether oxygens (including phenoxy) is 2. The second-order valence-electron chi connectivity index (χ2n) is 10.8. The molecule has 2 aromatic rings. The summed E-state index contributed by atoms with van der Waals surface area (Å²) in [6.07, 6.45) is 9.43. The highest BCUT2D eigenvalue weighted by molar-refractivity contribution is 5.79. The number of hydrogen-bond acceptors (Lipinski definition) is 3. The Bertz CT molecular complexity index is 999. The Morgan fingerprint density at radius 3 is 2.52 bits per heavy atom. The van der Waals surface area contributed by atoms with E-state index < -0.39 is 0 Å². The van der Waals surface area contributed by atoms with Gasteiger partial charge in [0.1, 0.15) is 17.3 Å². The van der Waals surface area contributed by atoms with Gasteiger partial charge in [0.05, 0.1) is 6.10 Å². The van der Waals surface area contributed by atoms with Gasteiger partial charge in [0, 0.05) is 5.54 Å². The molecule has 0 spiro atoms. The molecule has 0 aromatic heterocycles. The van der Waals surface area contributed by atoms with Gasteiger partial charge >= 0.3 is 0 Å². The zero-order valence-electron chi connectivity index (χ0n) is 19.7. The van der Waals surface area contributed by atoms with Crippen LogP contribution in [0.15, 0.2) is 42.5 Å². The van der Waals surface area contributed by atoms with Crippen molar-refractivity contribution < 1.29 is 18.7 Å². The SMILES string of the molecule is Cc1ccc(OCC(=O)NC23CC(CCC4CCC(Oc5ccc(F)c(C)c5)C4)(C2)C3)cc1. The van der Waals surface area contributed by atoms with Gasteiger partial charge in [-0.1, -0.05) is 17.7 Å². The summed E-state index contributed by atoms with van der Waals surface area (Å²) < 4.78 is 25.2. The van der Waals surface area contributed by atoms with Crippen LogP contribution in [0.2, 0.25) is 0 Å². The molecule has 4 nitrogen and oxygen atoms in total. The highest BCUT2D eigenvalue weighted by Crippen LogP contribution is 2.69. The number of halogens is 1. The number of carbonyl (C=O) groups excluding carboxylic acids is 1. The van der Waals surface area contributed by atoms with Gasteiger partial charge in [-0.3, -0.25) is 4.79 Å². The molecule has 1 amide bonds. The monoisotopic (exact) mass is 451 g/mol. The van der Waals surface area contributed by atoms with Gasteiger partial charge in [-0.25, -0.2) is 4.39 Å². The average molecular weight is 452 g/mol.